The normalized spacial score (nSPS) is 15.1. The number of amides is 2. The molecule has 9 heteroatoms. The smallest absolute Gasteiger partial charge is 0.257 e. The van der Waals surface area contributed by atoms with Crippen molar-refractivity contribution in [2.45, 2.75) is 37.1 Å². The Kier molecular flexibility index (Phi) is 6.34. The molecule has 3 N–H and O–H groups in total. The Morgan fingerprint density at radius 3 is 2.53 bits per heavy atom. The quantitative estimate of drug-likeness (QED) is 0.380. The summed E-state index contributed by atoms with van der Waals surface area (Å²) in [6, 6.07) is 13.0. The summed E-state index contributed by atoms with van der Waals surface area (Å²) in [7, 11) is 0. The van der Waals surface area contributed by atoms with Gasteiger partial charge in [-0.2, -0.15) is 0 Å². The van der Waals surface area contributed by atoms with Crippen molar-refractivity contribution >= 4 is 46.7 Å². The molecule has 1 aromatic heterocycles. The first kappa shape index (κ1) is 22.1. The molecular weight excluding hydrogens is 448 g/mol. The van der Waals surface area contributed by atoms with E-state index in [0.717, 1.165) is 16.7 Å². The van der Waals surface area contributed by atoms with Gasteiger partial charge in [0.1, 0.15) is 5.82 Å². The average molecular weight is 469 g/mol. The van der Waals surface area contributed by atoms with Crippen LogP contribution in [0.2, 0.25) is 5.02 Å². The Bertz CT molecular complexity index is 1240. The molecule has 32 heavy (non-hydrogen) atoms. The number of halogens is 1. The number of thioether (sulfide) groups is 1. The lowest BCUT2D eigenvalue weighted by Gasteiger charge is -2.23. The molecule has 1 atom stereocenters. The summed E-state index contributed by atoms with van der Waals surface area (Å²) in [6.07, 6.45) is -0.119. The minimum absolute atomic E-state index is 0.119. The number of anilines is 2. The summed E-state index contributed by atoms with van der Waals surface area (Å²) in [6.45, 7) is 3.87. The van der Waals surface area contributed by atoms with Crippen molar-refractivity contribution in [1.82, 2.24) is 9.97 Å². The van der Waals surface area contributed by atoms with Gasteiger partial charge in [0, 0.05) is 22.9 Å². The summed E-state index contributed by atoms with van der Waals surface area (Å²) in [4.78, 5) is 45.3. The van der Waals surface area contributed by atoms with E-state index in [4.69, 9.17) is 11.6 Å². The van der Waals surface area contributed by atoms with E-state index >= 15 is 0 Å². The minimum atomic E-state index is -0.925. The molecule has 2 heterocycles. The maximum atomic E-state index is 13.0. The number of nitrogens with zero attached hydrogens (tertiary/aromatic N) is 1. The molecule has 0 saturated carbocycles. The molecule has 0 saturated heterocycles. The number of carbonyl (C=O) groups is 2. The zero-order chi connectivity index (χ0) is 22.8. The van der Waals surface area contributed by atoms with Crippen LogP contribution in [0.3, 0.4) is 0 Å². The van der Waals surface area contributed by atoms with Crippen molar-refractivity contribution in [3.63, 3.8) is 0 Å². The molecular formula is C23H21ClN4O3S. The number of hydrogen-bond acceptors (Lipinski definition) is 5. The lowest BCUT2D eigenvalue weighted by Crippen LogP contribution is -2.36. The predicted octanol–water partition coefficient (Wildman–Crippen LogP) is 4.40. The number of aryl methyl sites for hydroxylation is 2. The summed E-state index contributed by atoms with van der Waals surface area (Å²) in [5.74, 6) is -1.01. The fraction of sp³-hybridized carbons (Fsp3) is 0.217. The number of rotatable bonds is 5. The van der Waals surface area contributed by atoms with Crippen LogP contribution in [0, 0.1) is 13.8 Å². The fourth-order valence-electron chi connectivity index (χ4n) is 3.65. The van der Waals surface area contributed by atoms with Crippen LogP contribution in [-0.4, -0.2) is 21.8 Å². The number of carbonyl (C=O) groups excluding carboxylic acids is 2. The number of H-pyrrole nitrogens is 1. The van der Waals surface area contributed by atoms with E-state index in [2.05, 4.69) is 20.6 Å². The van der Waals surface area contributed by atoms with E-state index in [1.807, 2.05) is 44.2 Å². The van der Waals surface area contributed by atoms with Crippen LogP contribution in [0.15, 0.2) is 52.4 Å². The Hall–Kier alpha value is -3.10. The van der Waals surface area contributed by atoms with Crippen molar-refractivity contribution in [3.8, 4) is 0 Å². The molecule has 0 aliphatic carbocycles. The first-order chi connectivity index (χ1) is 15.3. The van der Waals surface area contributed by atoms with Crippen LogP contribution in [0.1, 0.15) is 34.6 Å². The molecule has 7 nitrogen and oxygen atoms in total. The highest BCUT2D eigenvalue weighted by Gasteiger charge is 2.34. The predicted molar refractivity (Wildman–Crippen MR) is 126 cm³/mol. The lowest BCUT2D eigenvalue weighted by atomic mass is 9.92. The van der Waals surface area contributed by atoms with Gasteiger partial charge in [0.05, 0.1) is 11.5 Å². The average Bonchev–Trinajstić information content (AvgIpc) is 2.71. The molecule has 164 valence electrons. The Morgan fingerprint density at radius 2 is 1.84 bits per heavy atom. The van der Waals surface area contributed by atoms with E-state index < -0.39 is 17.4 Å². The molecule has 2 aromatic carbocycles. The number of aromatic nitrogens is 2. The molecule has 0 radical (unpaired) electrons. The molecule has 0 bridgehead atoms. The summed E-state index contributed by atoms with van der Waals surface area (Å²) >= 11 is 7.23. The van der Waals surface area contributed by atoms with E-state index in [1.165, 1.54) is 11.8 Å². The van der Waals surface area contributed by atoms with Gasteiger partial charge < -0.3 is 15.6 Å². The third-order valence-electron chi connectivity index (χ3n) is 5.02. The largest absolute Gasteiger partial charge is 0.326 e. The molecule has 1 aliphatic rings. The zero-order valence-electron chi connectivity index (χ0n) is 17.5. The molecule has 1 aliphatic heterocycles. The maximum absolute atomic E-state index is 13.0. The Morgan fingerprint density at radius 1 is 1.16 bits per heavy atom. The van der Waals surface area contributed by atoms with Gasteiger partial charge in [-0.25, -0.2) is 4.98 Å². The van der Waals surface area contributed by atoms with Crippen LogP contribution < -0.4 is 16.2 Å². The molecule has 0 fully saturated rings. The van der Waals surface area contributed by atoms with E-state index in [0.29, 0.717) is 21.6 Å². The number of hydrogen-bond donors (Lipinski definition) is 3. The Labute approximate surface area is 194 Å². The van der Waals surface area contributed by atoms with Crippen LogP contribution in [0.25, 0.3) is 0 Å². The van der Waals surface area contributed by atoms with Gasteiger partial charge in [0.25, 0.3) is 5.56 Å². The highest BCUT2D eigenvalue weighted by molar-refractivity contribution is 7.98. The zero-order valence-corrected chi connectivity index (χ0v) is 19.1. The first-order valence-corrected chi connectivity index (χ1v) is 11.4. The number of aromatic amines is 1. The second-order valence-corrected chi connectivity index (χ2v) is 9.12. The Balaban J connectivity index is 1.57. The van der Waals surface area contributed by atoms with Gasteiger partial charge >= 0.3 is 0 Å². The summed E-state index contributed by atoms with van der Waals surface area (Å²) in [5.41, 5.74) is 3.37. The highest BCUT2D eigenvalue weighted by Crippen LogP contribution is 2.31. The third kappa shape index (κ3) is 5.03. The highest BCUT2D eigenvalue weighted by atomic mass is 35.5. The molecule has 2 amide bonds. The maximum Gasteiger partial charge on any atom is 0.257 e. The van der Waals surface area contributed by atoms with Crippen LogP contribution in [0.4, 0.5) is 11.5 Å². The summed E-state index contributed by atoms with van der Waals surface area (Å²) < 4.78 is 0. The topological polar surface area (TPSA) is 104 Å². The fourth-order valence-corrected chi connectivity index (χ4v) is 4.59. The molecule has 3 aromatic rings. The van der Waals surface area contributed by atoms with Crippen molar-refractivity contribution in [2.75, 3.05) is 10.6 Å². The standard InChI is InChI=1S/C23H21ClN4O3S/c1-12-7-13(2)9-16(8-12)25-21(30)17-10-18(29)26-20-19(17)22(31)28-23(27-20)32-11-14-3-5-15(24)6-4-14/h3-9,17H,10-11H2,1-2H3,(H,25,30)(H2,26,27,28,29,31)/t17-/m1/s1. The van der Waals surface area contributed by atoms with Crippen LogP contribution in [0.5, 0.6) is 0 Å². The number of nitrogens with one attached hydrogen (secondary N) is 3. The monoisotopic (exact) mass is 468 g/mol. The molecule has 0 unspecified atom stereocenters. The van der Waals surface area contributed by atoms with Gasteiger partial charge in [-0.3, -0.25) is 14.4 Å². The van der Waals surface area contributed by atoms with Crippen molar-refractivity contribution in [2.24, 2.45) is 0 Å². The van der Waals surface area contributed by atoms with Crippen molar-refractivity contribution in [1.29, 1.82) is 0 Å². The van der Waals surface area contributed by atoms with E-state index in [9.17, 15) is 14.4 Å². The van der Waals surface area contributed by atoms with Crippen LogP contribution in [-0.2, 0) is 15.3 Å². The van der Waals surface area contributed by atoms with E-state index in [-0.39, 0.29) is 23.7 Å². The number of benzene rings is 2. The van der Waals surface area contributed by atoms with Gasteiger partial charge in [0.2, 0.25) is 11.8 Å². The first-order valence-electron chi connectivity index (χ1n) is 9.99. The molecule has 0 spiro atoms. The second-order valence-electron chi connectivity index (χ2n) is 7.72. The summed E-state index contributed by atoms with van der Waals surface area (Å²) in [5, 5.41) is 6.47. The van der Waals surface area contributed by atoms with Crippen LogP contribution >= 0.6 is 23.4 Å². The SMILES string of the molecule is Cc1cc(C)cc(NC(=O)[C@@H]2CC(=O)Nc3nc(SCc4ccc(Cl)cc4)[nH]c(=O)c32)c1. The van der Waals surface area contributed by atoms with Gasteiger partial charge in [-0.05, 0) is 54.8 Å². The van der Waals surface area contributed by atoms with Gasteiger partial charge in [-0.1, -0.05) is 41.6 Å². The lowest BCUT2D eigenvalue weighted by molar-refractivity contribution is -0.123. The third-order valence-corrected chi connectivity index (χ3v) is 6.22. The van der Waals surface area contributed by atoms with Crippen molar-refractivity contribution < 1.29 is 9.59 Å². The van der Waals surface area contributed by atoms with Crippen molar-refractivity contribution in [3.05, 3.63) is 80.1 Å². The second kappa shape index (κ2) is 9.18. The number of fused-ring (bicyclic) bond motifs is 1. The van der Waals surface area contributed by atoms with Gasteiger partial charge in [0.15, 0.2) is 5.16 Å². The van der Waals surface area contributed by atoms with E-state index in [1.54, 1.807) is 12.1 Å². The minimum Gasteiger partial charge on any atom is -0.326 e. The molecule has 4 rings (SSSR count). The van der Waals surface area contributed by atoms with Gasteiger partial charge in [-0.15, -0.1) is 0 Å².